The number of fused-ring (bicyclic) bond motifs is 7. The third-order valence-electron chi connectivity index (χ3n) is 7.28. The lowest BCUT2D eigenvalue weighted by Gasteiger charge is -2.13. The molecule has 0 aliphatic carbocycles. The number of pyridine rings is 1. The number of hydrogen-bond donors (Lipinski definition) is 0. The summed E-state index contributed by atoms with van der Waals surface area (Å²) in [7, 11) is 0. The van der Waals surface area contributed by atoms with Crippen LogP contribution in [0.25, 0.3) is 75.9 Å². The minimum absolute atomic E-state index is 0.692. The van der Waals surface area contributed by atoms with E-state index in [9.17, 15) is 0 Å². The molecule has 3 heterocycles. The van der Waals surface area contributed by atoms with Crippen molar-refractivity contribution in [3.63, 3.8) is 0 Å². The maximum Gasteiger partial charge on any atom is 0.160 e. The summed E-state index contributed by atoms with van der Waals surface area (Å²) in [5.74, 6) is 0.692. The molecule has 39 heavy (non-hydrogen) atoms. The van der Waals surface area contributed by atoms with E-state index in [-0.39, 0.29) is 0 Å². The topological polar surface area (TPSA) is 38.7 Å². The Morgan fingerprint density at radius 2 is 1.10 bits per heavy atom. The maximum absolute atomic E-state index is 5.28. The first kappa shape index (κ1) is 22.1. The Morgan fingerprint density at radius 3 is 1.90 bits per heavy atom. The molecule has 5 aromatic carbocycles. The average molecular weight is 516 g/mol. The molecule has 182 valence electrons. The second-order valence-corrected chi connectivity index (χ2v) is 10.7. The van der Waals surface area contributed by atoms with E-state index in [0.29, 0.717) is 5.82 Å². The number of benzene rings is 5. The van der Waals surface area contributed by atoms with Gasteiger partial charge >= 0.3 is 0 Å². The molecule has 0 bridgehead atoms. The summed E-state index contributed by atoms with van der Waals surface area (Å²) in [5.41, 5.74) is 5.57. The van der Waals surface area contributed by atoms with E-state index < -0.39 is 0 Å². The molecule has 3 aromatic heterocycles. The number of aromatic nitrogens is 3. The van der Waals surface area contributed by atoms with Gasteiger partial charge in [-0.2, -0.15) is 0 Å². The van der Waals surface area contributed by atoms with E-state index in [2.05, 4.69) is 91.0 Å². The van der Waals surface area contributed by atoms with Crippen molar-refractivity contribution in [1.82, 2.24) is 15.0 Å². The first-order valence-electron chi connectivity index (χ1n) is 13.0. The second kappa shape index (κ2) is 8.83. The van der Waals surface area contributed by atoms with E-state index in [1.165, 1.54) is 30.9 Å². The molecule has 8 aromatic rings. The zero-order valence-corrected chi connectivity index (χ0v) is 21.7. The van der Waals surface area contributed by atoms with Crippen molar-refractivity contribution in [2.75, 3.05) is 0 Å². The minimum atomic E-state index is 0.692. The molecular formula is C35H21N3S. The fraction of sp³-hybridized carbons (Fsp3) is 0. The van der Waals surface area contributed by atoms with Gasteiger partial charge in [0.2, 0.25) is 0 Å². The van der Waals surface area contributed by atoms with Crippen molar-refractivity contribution in [3.8, 4) is 34.0 Å². The molecule has 0 aliphatic rings. The van der Waals surface area contributed by atoms with Crippen molar-refractivity contribution in [1.29, 1.82) is 0 Å². The Morgan fingerprint density at radius 1 is 0.462 bits per heavy atom. The van der Waals surface area contributed by atoms with E-state index >= 15 is 0 Å². The monoisotopic (exact) mass is 515 g/mol. The summed E-state index contributed by atoms with van der Waals surface area (Å²) < 4.78 is 2.57. The van der Waals surface area contributed by atoms with Gasteiger partial charge < -0.3 is 0 Å². The Labute approximate surface area is 229 Å². The van der Waals surface area contributed by atoms with E-state index in [4.69, 9.17) is 15.0 Å². The van der Waals surface area contributed by atoms with Crippen LogP contribution in [-0.4, -0.2) is 15.0 Å². The predicted octanol–water partition coefficient (Wildman–Crippen LogP) is 9.55. The molecule has 3 nitrogen and oxygen atoms in total. The second-order valence-electron chi connectivity index (χ2n) is 9.63. The Kier molecular flexibility index (Phi) is 5.00. The number of rotatable bonds is 3. The lowest BCUT2D eigenvalue weighted by atomic mass is 10.00. The van der Waals surface area contributed by atoms with Crippen LogP contribution in [0.5, 0.6) is 0 Å². The fourth-order valence-corrected chi connectivity index (χ4v) is 6.72. The van der Waals surface area contributed by atoms with Crippen LogP contribution in [0.1, 0.15) is 0 Å². The Hall–Kier alpha value is -4.93. The van der Waals surface area contributed by atoms with Crippen molar-refractivity contribution < 1.29 is 0 Å². The average Bonchev–Trinajstić information content (AvgIpc) is 3.40. The van der Waals surface area contributed by atoms with Crippen LogP contribution in [0.4, 0.5) is 0 Å². The largest absolute Gasteiger partial charge is 0.245 e. The first-order chi connectivity index (χ1) is 19.3. The maximum atomic E-state index is 5.28. The molecule has 0 atom stereocenters. The van der Waals surface area contributed by atoms with E-state index in [0.717, 1.165) is 39.1 Å². The van der Waals surface area contributed by atoms with Crippen LogP contribution in [0.3, 0.4) is 0 Å². The molecule has 0 saturated heterocycles. The van der Waals surface area contributed by atoms with Crippen LogP contribution >= 0.6 is 11.3 Å². The molecule has 0 spiro atoms. The first-order valence-corrected chi connectivity index (χ1v) is 13.8. The zero-order chi connectivity index (χ0) is 25.8. The molecule has 0 aliphatic heterocycles. The van der Waals surface area contributed by atoms with Gasteiger partial charge in [0.15, 0.2) is 5.82 Å². The summed E-state index contributed by atoms with van der Waals surface area (Å²) >= 11 is 1.84. The smallest absolute Gasteiger partial charge is 0.160 e. The number of hydrogen-bond acceptors (Lipinski definition) is 4. The lowest BCUT2D eigenvalue weighted by molar-refractivity contribution is 1.17. The van der Waals surface area contributed by atoms with Gasteiger partial charge in [-0.15, -0.1) is 11.3 Å². The molecule has 0 fully saturated rings. The SMILES string of the molecule is c1ccc(-c2cc(-c3nc4ccc5c6ccccc6sc5c4c4ccccc34)nc(-c3ccccc3)n2)cc1. The summed E-state index contributed by atoms with van der Waals surface area (Å²) in [6.07, 6.45) is 0. The highest BCUT2D eigenvalue weighted by atomic mass is 32.1. The molecule has 0 radical (unpaired) electrons. The van der Waals surface area contributed by atoms with Crippen LogP contribution < -0.4 is 0 Å². The Balaban J connectivity index is 1.45. The predicted molar refractivity (Wildman–Crippen MR) is 164 cm³/mol. The van der Waals surface area contributed by atoms with Gasteiger partial charge in [0.05, 0.1) is 22.6 Å². The third-order valence-corrected chi connectivity index (χ3v) is 8.48. The molecule has 0 N–H and O–H groups in total. The lowest BCUT2D eigenvalue weighted by Crippen LogP contribution is -1.98. The van der Waals surface area contributed by atoms with Gasteiger partial charge in [-0.3, -0.25) is 0 Å². The van der Waals surface area contributed by atoms with Crippen LogP contribution in [-0.2, 0) is 0 Å². The minimum Gasteiger partial charge on any atom is -0.245 e. The van der Waals surface area contributed by atoms with Crippen molar-refractivity contribution in [2.45, 2.75) is 0 Å². The summed E-state index contributed by atoms with van der Waals surface area (Å²) in [6.45, 7) is 0. The van der Waals surface area contributed by atoms with Gasteiger partial charge in [0, 0.05) is 42.1 Å². The van der Waals surface area contributed by atoms with Gasteiger partial charge in [0.1, 0.15) is 0 Å². The van der Waals surface area contributed by atoms with Crippen LogP contribution in [0.2, 0.25) is 0 Å². The normalized spacial score (nSPS) is 11.6. The van der Waals surface area contributed by atoms with Crippen molar-refractivity contribution in [3.05, 3.63) is 127 Å². The van der Waals surface area contributed by atoms with E-state index in [1.807, 2.05) is 47.7 Å². The summed E-state index contributed by atoms with van der Waals surface area (Å²) in [4.78, 5) is 15.3. The Bertz CT molecular complexity index is 2110. The van der Waals surface area contributed by atoms with Crippen LogP contribution in [0.15, 0.2) is 127 Å². The summed E-state index contributed by atoms with van der Waals surface area (Å²) in [5, 5.41) is 6.06. The quantitative estimate of drug-likeness (QED) is 0.220. The summed E-state index contributed by atoms with van der Waals surface area (Å²) in [6, 6.07) is 44.1. The van der Waals surface area contributed by atoms with Gasteiger partial charge in [-0.1, -0.05) is 109 Å². The molecule has 8 rings (SSSR count). The highest BCUT2D eigenvalue weighted by Crippen LogP contribution is 2.42. The molecular weight excluding hydrogens is 494 g/mol. The number of thiophene rings is 1. The van der Waals surface area contributed by atoms with Gasteiger partial charge in [-0.05, 0) is 23.6 Å². The highest BCUT2D eigenvalue weighted by Gasteiger charge is 2.18. The third kappa shape index (κ3) is 3.61. The zero-order valence-electron chi connectivity index (χ0n) is 20.9. The fourth-order valence-electron chi connectivity index (χ4n) is 5.46. The van der Waals surface area contributed by atoms with Crippen molar-refractivity contribution in [2.24, 2.45) is 0 Å². The van der Waals surface area contributed by atoms with Crippen molar-refractivity contribution >= 4 is 53.2 Å². The number of nitrogens with zero attached hydrogens (tertiary/aromatic N) is 3. The highest BCUT2D eigenvalue weighted by molar-refractivity contribution is 7.26. The van der Waals surface area contributed by atoms with Crippen LogP contribution in [0, 0.1) is 0 Å². The van der Waals surface area contributed by atoms with E-state index in [1.54, 1.807) is 0 Å². The molecule has 4 heteroatoms. The van der Waals surface area contributed by atoms with Gasteiger partial charge in [-0.25, -0.2) is 15.0 Å². The molecule has 0 saturated carbocycles. The standard InChI is InChI=1S/C35H21N3S/c1-3-11-22(12-4-1)29-21-30(38-35(37-29)23-13-5-2-6-14-23)33-26-17-8-7-16-25(26)32-28(36-33)20-19-27-24-15-9-10-18-31(24)39-34(27)32/h1-21H. The molecule has 0 amide bonds. The van der Waals surface area contributed by atoms with Gasteiger partial charge in [0.25, 0.3) is 0 Å². The molecule has 0 unspecified atom stereocenters.